The zero-order valence-corrected chi connectivity index (χ0v) is 12.9. The second-order valence-electron chi connectivity index (χ2n) is 6.83. The molecule has 108 valence electrons. The first-order chi connectivity index (χ1) is 8.52. The third-order valence-corrected chi connectivity index (χ3v) is 3.41. The molecule has 1 aliphatic heterocycles. The number of carbonyl (C=O) groups excluding carboxylic acids is 2. The van der Waals surface area contributed by atoms with Gasteiger partial charge in [-0.2, -0.15) is 0 Å². The van der Waals surface area contributed by atoms with E-state index in [4.69, 9.17) is 0 Å². The van der Waals surface area contributed by atoms with Gasteiger partial charge in [0, 0.05) is 23.3 Å². The standard InChI is InChI=1S/C15H26N2O2/c1-10(18)13(11(2)19)9-16-12-7-14(3,4)17-15(5,6)8-12/h9,12,16-17H,7-8H2,1-6H3. The molecule has 0 saturated carbocycles. The van der Waals surface area contributed by atoms with Gasteiger partial charge in [-0.25, -0.2) is 0 Å². The van der Waals surface area contributed by atoms with Crippen LogP contribution in [-0.2, 0) is 9.59 Å². The molecule has 1 fully saturated rings. The van der Waals surface area contributed by atoms with E-state index in [1.165, 1.54) is 13.8 Å². The van der Waals surface area contributed by atoms with E-state index in [-0.39, 0.29) is 34.3 Å². The van der Waals surface area contributed by atoms with Gasteiger partial charge in [-0.3, -0.25) is 9.59 Å². The number of Topliss-reactive ketones (excluding diaryl/α,β-unsaturated/α-hetero) is 2. The highest BCUT2D eigenvalue weighted by atomic mass is 16.1. The predicted molar refractivity (Wildman–Crippen MR) is 76.9 cm³/mol. The van der Waals surface area contributed by atoms with E-state index in [2.05, 4.69) is 38.3 Å². The fourth-order valence-corrected chi connectivity index (χ4v) is 3.09. The molecule has 4 heteroatoms. The van der Waals surface area contributed by atoms with Crippen LogP contribution in [-0.4, -0.2) is 28.7 Å². The van der Waals surface area contributed by atoms with E-state index in [0.29, 0.717) is 0 Å². The van der Waals surface area contributed by atoms with E-state index < -0.39 is 0 Å². The van der Waals surface area contributed by atoms with Crippen LogP contribution in [0.1, 0.15) is 54.4 Å². The molecule has 0 aromatic heterocycles. The summed E-state index contributed by atoms with van der Waals surface area (Å²) in [5.74, 6) is -0.375. The quantitative estimate of drug-likeness (QED) is 0.464. The van der Waals surface area contributed by atoms with E-state index in [9.17, 15) is 9.59 Å². The van der Waals surface area contributed by atoms with Crippen molar-refractivity contribution in [3.8, 4) is 0 Å². The summed E-state index contributed by atoms with van der Waals surface area (Å²) < 4.78 is 0. The van der Waals surface area contributed by atoms with Crippen molar-refractivity contribution < 1.29 is 9.59 Å². The highest BCUT2D eigenvalue weighted by molar-refractivity contribution is 6.18. The summed E-state index contributed by atoms with van der Waals surface area (Å²) in [5, 5.41) is 6.85. The SMILES string of the molecule is CC(=O)C(=CNC1CC(C)(C)NC(C)(C)C1)C(C)=O. The van der Waals surface area contributed by atoms with Gasteiger partial charge >= 0.3 is 0 Å². The van der Waals surface area contributed by atoms with Crippen molar-refractivity contribution >= 4 is 11.6 Å². The number of hydrogen-bond donors (Lipinski definition) is 2. The molecule has 0 amide bonds. The van der Waals surface area contributed by atoms with E-state index >= 15 is 0 Å². The van der Waals surface area contributed by atoms with Gasteiger partial charge in [-0.1, -0.05) is 0 Å². The maximum Gasteiger partial charge on any atom is 0.164 e. The summed E-state index contributed by atoms with van der Waals surface area (Å²) in [4.78, 5) is 22.7. The zero-order chi connectivity index (χ0) is 14.8. The Hall–Kier alpha value is -1.16. The van der Waals surface area contributed by atoms with Crippen LogP contribution in [0, 0.1) is 0 Å². The predicted octanol–water partition coefficient (Wildman–Crippen LogP) is 1.95. The van der Waals surface area contributed by atoms with Crippen molar-refractivity contribution in [1.29, 1.82) is 0 Å². The van der Waals surface area contributed by atoms with Gasteiger partial charge in [0.15, 0.2) is 11.6 Å². The fourth-order valence-electron chi connectivity index (χ4n) is 3.09. The van der Waals surface area contributed by atoms with E-state index in [0.717, 1.165) is 12.8 Å². The molecule has 1 aliphatic rings. The number of hydrogen-bond acceptors (Lipinski definition) is 4. The summed E-state index contributed by atoms with van der Waals surface area (Å²) in [5.41, 5.74) is 0.328. The average molecular weight is 266 g/mol. The monoisotopic (exact) mass is 266 g/mol. The van der Waals surface area contributed by atoms with Gasteiger partial charge in [0.2, 0.25) is 0 Å². The Labute approximate surface area is 116 Å². The van der Waals surface area contributed by atoms with Crippen LogP contribution in [0.25, 0.3) is 0 Å². The van der Waals surface area contributed by atoms with Crippen molar-refractivity contribution in [1.82, 2.24) is 10.6 Å². The van der Waals surface area contributed by atoms with Crippen molar-refractivity contribution in [3.63, 3.8) is 0 Å². The van der Waals surface area contributed by atoms with Crippen molar-refractivity contribution in [2.24, 2.45) is 0 Å². The Morgan fingerprint density at radius 2 is 1.47 bits per heavy atom. The molecule has 1 rings (SSSR count). The number of rotatable bonds is 4. The maximum atomic E-state index is 11.4. The Morgan fingerprint density at radius 3 is 1.84 bits per heavy atom. The molecule has 0 bridgehead atoms. The third-order valence-electron chi connectivity index (χ3n) is 3.41. The molecular formula is C15H26N2O2. The molecule has 1 heterocycles. The molecule has 0 aromatic carbocycles. The fraction of sp³-hybridized carbons (Fsp3) is 0.733. The third kappa shape index (κ3) is 4.78. The van der Waals surface area contributed by atoms with Gasteiger partial charge in [0.25, 0.3) is 0 Å². The lowest BCUT2D eigenvalue weighted by Crippen LogP contribution is -2.61. The maximum absolute atomic E-state index is 11.4. The Kier molecular flexibility index (Phi) is 4.56. The molecule has 0 unspecified atom stereocenters. The highest BCUT2D eigenvalue weighted by Crippen LogP contribution is 2.28. The molecule has 0 atom stereocenters. The molecule has 0 aliphatic carbocycles. The van der Waals surface area contributed by atoms with Crippen LogP contribution in [0.2, 0.25) is 0 Å². The Morgan fingerprint density at radius 1 is 1.05 bits per heavy atom. The van der Waals surface area contributed by atoms with Crippen LogP contribution in [0.4, 0.5) is 0 Å². The van der Waals surface area contributed by atoms with Crippen LogP contribution in [0.5, 0.6) is 0 Å². The van der Waals surface area contributed by atoms with Gasteiger partial charge in [0.1, 0.15) is 0 Å². The highest BCUT2D eigenvalue weighted by Gasteiger charge is 2.37. The topological polar surface area (TPSA) is 58.2 Å². The first-order valence-electron chi connectivity index (χ1n) is 6.80. The summed E-state index contributed by atoms with van der Waals surface area (Å²) in [6.07, 6.45) is 3.50. The molecule has 0 radical (unpaired) electrons. The minimum absolute atomic E-state index is 0.0415. The van der Waals surface area contributed by atoms with Gasteiger partial charge in [-0.05, 0) is 54.4 Å². The summed E-state index contributed by atoms with van der Waals surface area (Å²) in [6, 6.07) is 0.264. The second kappa shape index (κ2) is 5.45. The molecule has 19 heavy (non-hydrogen) atoms. The summed E-state index contributed by atoms with van der Waals surface area (Å²) in [7, 11) is 0. The molecule has 0 aromatic rings. The second-order valence-corrected chi connectivity index (χ2v) is 6.83. The molecule has 0 spiro atoms. The Bertz CT molecular complexity index is 376. The first-order valence-corrected chi connectivity index (χ1v) is 6.80. The lowest BCUT2D eigenvalue weighted by atomic mass is 9.79. The lowest BCUT2D eigenvalue weighted by molar-refractivity contribution is -0.119. The largest absolute Gasteiger partial charge is 0.387 e. The average Bonchev–Trinajstić information content (AvgIpc) is 2.10. The molecule has 1 saturated heterocycles. The number of allylic oxidation sites excluding steroid dienone is 1. The number of carbonyl (C=O) groups is 2. The van der Waals surface area contributed by atoms with Gasteiger partial charge in [0.05, 0.1) is 5.57 Å². The zero-order valence-electron chi connectivity index (χ0n) is 12.9. The molecular weight excluding hydrogens is 240 g/mol. The molecule has 2 N–H and O–H groups in total. The minimum atomic E-state index is -0.188. The molecule has 4 nitrogen and oxygen atoms in total. The number of ketones is 2. The minimum Gasteiger partial charge on any atom is -0.387 e. The summed E-state index contributed by atoms with van der Waals surface area (Å²) >= 11 is 0. The number of piperidine rings is 1. The van der Waals surface area contributed by atoms with Crippen molar-refractivity contribution in [3.05, 3.63) is 11.8 Å². The van der Waals surface area contributed by atoms with E-state index in [1.54, 1.807) is 6.20 Å². The lowest BCUT2D eigenvalue weighted by Gasteiger charge is -2.46. The van der Waals surface area contributed by atoms with Crippen LogP contribution >= 0.6 is 0 Å². The van der Waals surface area contributed by atoms with Crippen molar-refractivity contribution in [2.45, 2.75) is 71.5 Å². The van der Waals surface area contributed by atoms with Crippen LogP contribution in [0.3, 0.4) is 0 Å². The number of nitrogens with one attached hydrogen (secondary N) is 2. The van der Waals surface area contributed by atoms with Gasteiger partial charge in [-0.15, -0.1) is 0 Å². The van der Waals surface area contributed by atoms with Crippen LogP contribution in [0.15, 0.2) is 11.8 Å². The first kappa shape index (κ1) is 15.9. The Balaban J connectivity index is 2.79. The smallest absolute Gasteiger partial charge is 0.164 e. The van der Waals surface area contributed by atoms with Crippen LogP contribution < -0.4 is 10.6 Å². The summed E-state index contributed by atoms with van der Waals surface area (Å²) in [6.45, 7) is 11.5. The van der Waals surface area contributed by atoms with E-state index in [1.807, 2.05) is 0 Å². The van der Waals surface area contributed by atoms with Gasteiger partial charge < -0.3 is 10.6 Å². The van der Waals surface area contributed by atoms with Crippen molar-refractivity contribution in [2.75, 3.05) is 0 Å². The normalized spacial score (nSPS) is 21.6.